The highest BCUT2D eigenvalue weighted by Gasteiger charge is 2.30. The van der Waals surface area contributed by atoms with Crippen LogP contribution in [0.5, 0.6) is 0 Å². The molecule has 0 aromatic heterocycles. The third-order valence-electron chi connectivity index (χ3n) is 2.65. The summed E-state index contributed by atoms with van der Waals surface area (Å²) in [7, 11) is -2.84. The van der Waals surface area contributed by atoms with E-state index in [0.29, 0.717) is 11.8 Å². The van der Waals surface area contributed by atoms with E-state index in [1.807, 2.05) is 13.8 Å². The van der Waals surface area contributed by atoms with Gasteiger partial charge in [-0.3, -0.25) is 0 Å². The van der Waals surface area contributed by atoms with Crippen molar-refractivity contribution in [3.63, 3.8) is 0 Å². The van der Waals surface area contributed by atoms with E-state index in [4.69, 9.17) is 0 Å². The van der Waals surface area contributed by atoms with Crippen LogP contribution in [0.4, 0.5) is 0 Å². The van der Waals surface area contributed by atoms with Crippen LogP contribution in [0.1, 0.15) is 27.2 Å². The summed E-state index contributed by atoms with van der Waals surface area (Å²) >= 11 is 0. The molecule has 0 saturated carbocycles. The van der Waals surface area contributed by atoms with Crippen LogP contribution in [0.25, 0.3) is 0 Å². The predicted molar refractivity (Wildman–Crippen MR) is 49.9 cm³/mol. The van der Waals surface area contributed by atoms with Crippen LogP contribution in [0.2, 0.25) is 0 Å². The molecule has 0 aromatic rings. The van der Waals surface area contributed by atoms with E-state index < -0.39 is 9.84 Å². The lowest BCUT2D eigenvalue weighted by atomic mass is 10.2. The molecule has 3 nitrogen and oxygen atoms in total. The summed E-state index contributed by atoms with van der Waals surface area (Å²) < 4.78 is 23.0. The maximum atomic E-state index is 11.5. The van der Waals surface area contributed by atoms with Gasteiger partial charge in [0.15, 0.2) is 9.84 Å². The average molecular weight is 191 g/mol. The molecular weight excluding hydrogens is 174 g/mol. The molecule has 0 bridgehead atoms. The molecule has 1 fully saturated rings. The summed E-state index contributed by atoms with van der Waals surface area (Å²) in [5.41, 5.74) is 0. The topological polar surface area (TPSA) is 46.2 Å². The molecule has 12 heavy (non-hydrogen) atoms. The van der Waals surface area contributed by atoms with E-state index >= 15 is 0 Å². The number of hydrogen-bond acceptors (Lipinski definition) is 3. The van der Waals surface area contributed by atoms with Crippen molar-refractivity contribution < 1.29 is 8.42 Å². The molecule has 4 heteroatoms. The number of rotatable bonds is 0. The van der Waals surface area contributed by atoms with Gasteiger partial charge in [0.05, 0.1) is 11.0 Å². The highest BCUT2D eigenvalue weighted by atomic mass is 32.2. The van der Waals surface area contributed by atoms with Gasteiger partial charge in [0, 0.05) is 12.1 Å². The van der Waals surface area contributed by atoms with Crippen LogP contribution in [-0.2, 0) is 9.84 Å². The van der Waals surface area contributed by atoms with E-state index in [0.717, 1.165) is 6.42 Å². The van der Waals surface area contributed by atoms with Gasteiger partial charge >= 0.3 is 0 Å². The normalized spacial score (nSPS) is 42.1. The fourth-order valence-electron chi connectivity index (χ4n) is 1.51. The highest BCUT2D eigenvalue weighted by Crippen LogP contribution is 2.14. The van der Waals surface area contributed by atoms with Crippen LogP contribution in [0.3, 0.4) is 0 Å². The molecule has 0 spiro atoms. The van der Waals surface area contributed by atoms with Crippen molar-refractivity contribution >= 4 is 9.84 Å². The Morgan fingerprint density at radius 1 is 1.25 bits per heavy atom. The Morgan fingerprint density at radius 2 is 1.83 bits per heavy atom. The van der Waals surface area contributed by atoms with E-state index in [1.54, 1.807) is 6.92 Å². The van der Waals surface area contributed by atoms with Crippen molar-refractivity contribution in [1.82, 2.24) is 5.32 Å². The lowest BCUT2D eigenvalue weighted by Crippen LogP contribution is -2.40. The lowest BCUT2D eigenvalue weighted by molar-refractivity contribution is 0.464. The minimum Gasteiger partial charge on any atom is -0.310 e. The van der Waals surface area contributed by atoms with Gasteiger partial charge in [-0.25, -0.2) is 8.42 Å². The molecule has 3 atom stereocenters. The second-order valence-corrected chi connectivity index (χ2v) is 6.19. The second-order valence-electron chi connectivity index (χ2n) is 3.72. The van der Waals surface area contributed by atoms with Crippen molar-refractivity contribution in [1.29, 1.82) is 0 Å². The Labute approximate surface area is 74.5 Å². The summed E-state index contributed by atoms with van der Waals surface area (Å²) in [6, 6.07) is 0.396. The van der Waals surface area contributed by atoms with Crippen LogP contribution >= 0.6 is 0 Å². The van der Waals surface area contributed by atoms with E-state index in [9.17, 15) is 8.42 Å². The van der Waals surface area contributed by atoms with Crippen molar-refractivity contribution in [2.24, 2.45) is 0 Å². The zero-order valence-corrected chi connectivity index (χ0v) is 8.69. The van der Waals surface area contributed by atoms with Crippen LogP contribution in [0.15, 0.2) is 0 Å². The Hall–Kier alpha value is -0.0900. The molecule has 1 aliphatic heterocycles. The molecule has 0 radical (unpaired) electrons. The van der Waals surface area contributed by atoms with E-state index in [-0.39, 0.29) is 11.3 Å². The quantitative estimate of drug-likeness (QED) is 0.608. The molecule has 0 amide bonds. The fraction of sp³-hybridized carbons (Fsp3) is 1.00. The number of hydrogen-bond donors (Lipinski definition) is 1. The molecule has 1 aliphatic rings. The van der Waals surface area contributed by atoms with Gasteiger partial charge in [-0.05, 0) is 27.2 Å². The van der Waals surface area contributed by atoms with Crippen LogP contribution < -0.4 is 5.32 Å². The smallest absolute Gasteiger partial charge is 0.154 e. The van der Waals surface area contributed by atoms with Gasteiger partial charge in [0.1, 0.15) is 0 Å². The van der Waals surface area contributed by atoms with Crippen molar-refractivity contribution in [2.75, 3.05) is 5.75 Å². The molecule has 1 saturated heterocycles. The van der Waals surface area contributed by atoms with Gasteiger partial charge < -0.3 is 5.32 Å². The second kappa shape index (κ2) is 3.34. The van der Waals surface area contributed by atoms with Gasteiger partial charge in [-0.15, -0.1) is 0 Å². The van der Waals surface area contributed by atoms with Gasteiger partial charge in [-0.2, -0.15) is 0 Å². The minimum absolute atomic E-state index is 0.0764. The van der Waals surface area contributed by atoms with Gasteiger partial charge in [0.2, 0.25) is 0 Å². The maximum absolute atomic E-state index is 11.5. The summed E-state index contributed by atoms with van der Waals surface area (Å²) in [4.78, 5) is 0. The summed E-state index contributed by atoms with van der Waals surface area (Å²) in [5, 5.41) is 3.02. The Kier molecular flexibility index (Phi) is 2.78. The first-order chi connectivity index (χ1) is 5.43. The van der Waals surface area contributed by atoms with Crippen molar-refractivity contribution in [2.45, 2.75) is 44.5 Å². The summed E-state index contributed by atoms with van der Waals surface area (Å²) in [5.74, 6) is 0.326. The predicted octanol–water partition coefficient (Wildman–Crippen LogP) is 0.560. The third kappa shape index (κ3) is 1.98. The van der Waals surface area contributed by atoms with Crippen molar-refractivity contribution in [3.05, 3.63) is 0 Å². The highest BCUT2D eigenvalue weighted by molar-refractivity contribution is 7.92. The Bertz CT molecular complexity index is 248. The fourth-order valence-corrected chi connectivity index (χ4v) is 3.26. The van der Waals surface area contributed by atoms with Crippen LogP contribution in [-0.4, -0.2) is 31.5 Å². The first-order valence-corrected chi connectivity index (χ1v) is 6.12. The Morgan fingerprint density at radius 3 is 2.42 bits per heavy atom. The molecule has 72 valence electrons. The molecular formula is C8H17NO2S. The average Bonchev–Trinajstić information content (AvgIpc) is 2.04. The number of sulfone groups is 1. The minimum atomic E-state index is -2.84. The number of nitrogens with one attached hydrogen (secondary N) is 1. The molecule has 0 aliphatic carbocycles. The zero-order chi connectivity index (χ0) is 9.35. The van der Waals surface area contributed by atoms with E-state index in [1.165, 1.54) is 0 Å². The maximum Gasteiger partial charge on any atom is 0.154 e. The van der Waals surface area contributed by atoms with Gasteiger partial charge in [-0.1, -0.05) is 0 Å². The first kappa shape index (κ1) is 9.99. The largest absolute Gasteiger partial charge is 0.310 e. The molecule has 0 aromatic carbocycles. The standard InChI is InChI=1S/C8H17NO2S/c1-6-4-5-12(10,11)8(3)7(2)9-6/h6-9H,4-5H2,1-3H3. The summed E-state index contributed by atoms with van der Waals surface area (Å²) in [6.45, 7) is 5.75. The van der Waals surface area contributed by atoms with Crippen molar-refractivity contribution in [3.8, 4) is 0 Å². The third-order valence-corrected chi connectivity index (χ3v) is 5.00. The SMILES string of the molecule is CC1CCS(=O)(=O)C(C)C(C)N1. The summed E-state index contributed by atoms with van der Waals surface area (Å²) in [6.07, 6.45) is 0.733. The molecule has 1 rings (SSSR count). The first-order valence-electron chi connectivity index (χ1n) is 4.41. The molecule has 1 heterocycles. The van der Waals surface area contributed by atoms with E-state index in [2.05, 4.69) is 5.32 Å². The lowest BCUT2D eigenvalue weighted by Gasteiger charge is -2.19. The Balaban J connectivity index is 2.85. The van der Waals surface area contributed by atoms with Gasteiger partial charge in [0.25, 0.3) is 0 Å². The monoisotopic (exact) mass is 191 g/mol. The van der Waals surface area contributed by atoms with Crippen LogP contribution in [0, 0.1) is 0 Å². The molecule has 3 unspecified atom stereocenters. The zero-order valence-electron chi connectivity index (χ0n) is 7.87. The molecule has 1 N–H and O–H groups in total.